The molecular weight excluding hydrogens is 404 g/mol. The number of hydrogen-bond donors (Lipinski definition) is 2. The first-order valence-corrected chi connectivity index (χ1v) is 10.7. The van der Waals surface area contributed by atoms with Crippen molar-refractivity contribution in [2.75, 3.05) is 6.54 Å². The zero-order valence-corrected chi connectivity index (χ0v) is 17.0. The highest BCUT2D eigenvalue weighted by Crippen LogP contribution is 2.26. The summed E-state index contributed by atoms with van der Waals surface area (Å²) in [6.07, 6.45) is 1.32. The van der Waals surface area contributed by atoms with Crippen LogP contribution < -0.4 is 0 Å². The number of benzene rings is 1. The number of carbonyl (C=O) groups is 2. The van der Waals surface area contributed by atoms with E-state index in [1.807, 2.05) is 0 Å². The molecule has 0 aliphatic heterocycles. The average Bonchev–Trinajstić information content (AvgIpc) is 2.64. The molecule has 0 bridgehead atoms. The second kappa shape index (κ2) is 11.5. The van der Waals surface area contributed by atoms with Crippen molar-refractivity contribution >= 4 is 27.6 Å². The second-order valence-electron chi connectivity index (χ2n) is 6.59. The van der Waals surface area contributed by atoms with Gasteiger partial charge in [0.15, 0.2) is 0 Å². The molecule has 0 fully saturated rings. The quantitative estimate of drug-likeness (QED) is 0.337. The fraction of sp³-hybridized carbons (Fsp3) is 0.556. The maximum atomic E-state index is 13.2. The Morgan fingerprint density at radius 2 is 1.55 bits per heavy atom. The lowest BCUT2D eigenvalue weighted by molar-refractivity contribution is -0.384. The topological polar surface area (TPSA) is 155 Å². The van der Waals surface area contributed by atoms with Crippen molar-refractivity contribution < 1.29 is 33.1 Å². The van der Waals surface area contributed by atoms with E-state index in [0.717, 1.165) is 12.1 Å². The van der Waals surface area contributed by atoms with E-state index in [9.17, 15) is 28.1 Å². The minimum Gasteiger partial charge on any atom is -0.481 e. The highest BCUT2D eigenvalue weighted by Gasteiger charge is 2.31. The first kappa shape index (κ1) is 24.5. The third-order valence-corrected chi connectivity index (χ3v) is 6.33. The Morgan fingerprint density at radius 1 is 1.07 bits per heavy atom. The van der Waals surface area contributed by atoms with Crippen molar-refractivity contribution in [2.45, 2.75) is 62.8 Å². The molecule has 0 aromatic heterocycles. The molecule has 0 saturated carbocycles. The zero-order valence-electron chi connectivity index (χ0n) is 16.2. The number of sulfonamides is 1. The first-order chi connectivity index (χ1) is 13.6. The Bertz CT molecular complexity index is 788. The molecule has 1 aromatic carbocycles. The monoisotopic (exact) mass is 430 g/mol. The van der Waals surface area contributed by atoms with Crippen molar-refractivity contribution in [1.29, 1.82) is 0 Å². The molecular formula is C18H26N2O8S. The number of aliphatic carboxylic acids is 2. The van der Waals surface area contributed by atoms with E-state index < -0.39 is 32.9 Å². The van der Waals surface area contributed by atoms with Gasteiger partial charge in [-0.1, -0.05) is 6.92 Å². The van der Waals surface area contributed by atoms with Crippen LogP contribution >= 0.6 is 0 Å². The fourth-order valence-electron chi connectivity index (χ4n) is 3.00. The second-order valence-corrected chi connectivity index (χ2v) is 8.48. The number of non-ortho nitro benzene ring substituents is 1. The van der Waals surface area contributed by atoms with E-state index in [1.54, 1.807) is 6.92 Å². The molecule has 11 heteroatoms. The predicted molar refractivity (Wildman–Crippen MR) is 104 cm³/mol. The molecule has 0 heterocycles. The van der Waals surface area contributed by atoms with E-state index in [4.69, 9.17) is 10.2 Å². The number of nitro benzene ring substituents is 1. The number of hydrogen-bond acceptors (Lipinski definition) is 6. The van der Waals surface area contributed by atoms with Gasteiger partial charge in [0.2, 0.25) is 10.0 Å². The Balaban J connectivity index is 3.14. The molecule has 0 amide bonds. The number of nitrogens with zero attached hydrogens (tertiary/aromatic N) is 2. The molecule has 2 N–H and O–H groups in total. The Hall–Kier alpha value is -2.53. The molecule has 0 saturated heterocycles. The van der Waals surface area contributed by atoms with Gasteiger partial charge < -0.3 is 10.2 Å². The number of nitro groups is 1. The summed E-state index contributed by atoms with van der Waals surface area (Å²) in [5, 5.41) is 28.5. The summed E-state index contributed by atoms with van der Waals surface area (Å²) in [6, 6.07) is 4.00. The Labute approximate surface area is 169 Å². The Morgan fingerprint density at radius 3 is 1.93 bits per heavy atom. The number of carboxylic acids is 2. The molecule has 0 aliphatic rings. The van der Waals surface area contributed by atoms with Gasteiger partial charge in [0, 0.05) is 37.6 Å². The van der Waals surface area contributed by atoms with Crippen molar-refractivity contribution in [2.24, 2.45) is 0 Å². The summed E-state index contributed by atoms with van der Waals surface area (Å²) in [7, 11) is -3.99. The zero-order chi connectivity index (χ0) is 22.0. The summed E-state index contributed by atoms with van der Waals surface area (Å²) in [5.74, 6) is -1.98. The largest absolute Gasteiger partial charge is 0.481 e. The van der Waals surface area contributed by atoms with E-state index in [1.165, 1.54) is 16.4 Å². The van der Waals surface area contributed by atoms with Crippen LogP contribution in [-0.2, 0) is 19.6 Å². The maximum Gasteiger partial charge on any atom is 0.303 e. The van der Waals surface area contributed by atoms with Gasteiger partial charge in [-0.05, 0) is 44.2 Å². The highest BCUT2D eigenvalue weighted by atomic mass is 32.2. The molecule has 0 unspecified atom stereocenters. The van der Waals surface area contributed by atoms with Crippen LogP contribution in [0.2, 0.25) is 0 Å². The molecule has 1 rings (SSSR count). The minimum atomic E-state index is -3.99. The Kier molecular flexibility index (Phi) is 9.69. The summed E-state index contributed by atoms with van der Waals surface area (Å²) in [4.78, 5) is 31.7. The van der Waals surface area contributed by atoms with E-state index in [2.05, 4.69) is 0 Å². The van der Waals surface area contributed by atoms with Gasteiger partial charge in [0.25, 0.3) is 5.69 Å². The van der Waals surface area contributed by atoms with Crippen LogP contribution in [0.1, 0.15) is 51.9 Å². The van der Waals surface area contributed by atoms with Crippen molar-refractivity contribution in [3.8, 4) is 0 Å². The van der Waals surface area contributed by atoms with Crippen molar-refractivity contribution in [3.63, 3.8) is 0 Å². The molecule has 10 nitrogen and oxygen atoms in total. The van der Waals surface area contributed by atoms with Crippen LogP contribution in [-0.4, -0.2) is 52.4 Å². The van der Waals surface area contributed by atoms with E-state index in [0.29, 0.717) is 6.42 Å². The van der Waals surface area contributed by atoms with Gasteiger partial charge in [-0.3, -0.25) is 19.7 Å². The van der Waals surface area contributed by atoms with Gasteiger partial charge in [0.05, 0.1) is 9.82 Å². The lowest BCUT2D eigenvalue weighted by Crippen LogP contribution is -2.41. The van der Waals surface area contributed by atoms with Gasteiger partial charge in [0.1, 0.15) is 0 Å². The summed E-state index contributed by atoms with van der Waals surface area (Å²) >= 11 is 0. The lowest BCUT2D eigenvalue weighted by atomic mass is 10.0. The molecule has 0 radical (unpaired) electrons. The van der Waals surface area contributed by atoms with Gasteiger partial charge in [-0.25, -0.2) is 8.42 Å². The van der Waals surface area contributed by atoms with Gasteiger partial charge in [-0.15, -0.1) is 0 Å². The van der Waals surface area contributed by atoms with Crippen LogP contribution in [0.4, 0.5) is 5.69 Å². The summed E-state index contributed by atoms with van der Waals surface area (Å²) in [6.45, 7) is 1.97. The molecule has 0 aliphatic carbocycles. The van der Waals surface area contributed by atoms with Crippen molar-refractivity contribution in [3.05, 3.63) is 34.4 Å². The molecule has 0 spiro atoms. The van der Waals surface area contributed by atoms with Crippen LogP contribution in [0, 0.1) is 10.1 Å². The smallest absolute Gasteiger partial charge is 0.303 e. The summed E-state index contributed by atoms with van der Waals surface area (Å²) < 4.78 is 27.6. The third-order valence-electron chi connectivity index (χ3n) is 4.36. The molecule has 0 atom stereocenters. The highest BCUT2D eigenvalue weighted by molar-refractivity contribution is 7.89. The molecule has 1 aromatic rings. The summed E-state index contributed by atoms with van der Waals surface area (Å²) in [5.41, 5.74) is -0.231. The average molecular weight is 430 g/mol. The molecule has 162 valence electrons. The van der Waals surface area contributed by atoms with Crippen LogP contribution in [0.3, 0.4) is 0 Å². The van der Waals surface area contributed by atoms with E-state index >= 15 is 0 Å². The van der Waals surface area contributed by atoms with E-state index in [-0.39, 0.29) is 55.7 Å². The van der Waals surface area contributed by atoms with Crippen molar-refractivity contribution in [1.82, 2.24) is 4.31 Å². The number of carboxylic acid groups (broad SMARTS) is 2. The maximum absolute atomic E-state index is 13.2. The number of rotatable bonds is 14. The minimum absolute atomic E-state index is 0.0991. The normalized spacial score (nSPS) is 11.7. The fourth-order valence-corrected chi connectivity index (χ4v) is 4.78. The van der Waals surface area contributed by atoms with Gasteiger partial charge in [-0.2, -0.15) is 4.31 Å². The predicted octanol–water partition coefficient (Wildman–Crippen LogP) is 2.87. The first-order valence-electron chi connectivity index (χ1n) is 9.29. The third kappa shape index (κ3) is 7.78. The SMILES string of the molecule is CCCN(C(CCCC(=O)O)CCCC(=O)O)S(=O)(=O)c1ccc([N+](=O)[O-])cc1. The molecule has 29 heavy (non-hydrogen) atoms. The van der Waals surface area contributed by atoms with Gasteiger partial charge >= 0.3 is 11.9 Å². The van der Waals surface area contributed by atoms with Crippen LogP contribution in [0.25, 0.3) is 0 Å². The van der Waals surface area contributed by atoms with Crippen LogP contribution in [0.15, 0.2) is 29.2 Å². The standard InChI is InChI=1S/C18H26N2O8S/c1-2-13-19(14(5-3-7-17(21)22)6-4-8-18(23)24)29(27,28)16-11-9-15(10-12-16)20(25)26/h9-12,14H,2-8,13H2,1H3,(H,21,22)(H,23,24). The lowest BCUT2D eigenvalue weighted by Gasteiger charge is -2.31. The van der Waals surface area contributed by atoms with Crippen LogP contribution in [0.5, 0.6) is 0 Å².